The van der Waals surface area contributed by atoms with E-state index in [2.05, 4.69) is 15.3 Å². The highest BCUT2D eigenvalue weighted by molar-refractivity contribution is 5.85. The minimum Gasteiger partial charge on any atom is -0.477 e. The molecule has 1 aromatic heterocycles. The molecule has 1 heterocycles. The summed E-state index contributed by atoms with van der Waals surface area (Å²) in [4.78, 5) is 18.7. The number of carboxylic acid groups (broad SMARTS) is 1. The lowest BCUT2D eigenvalue weighted by molar-refractivity contribution is 0.0690. The van der Waals surface area contributed by atoms with Crippen LogP contribution in [0.3, 0.4) is 0 Å². The van der Waals surface area contributed by atoms with Gasteiger partial charge in [-0.25, -0.2) is 14.8 Å². The zero-order valence-electron chi connectivity index (χ0n) is 10.8. The predicted octanol–water partition coefficient (Wildman–Crippen LogP) is 1.53. The van der Waals surface area contributed by atoms with Gasteiger partial charge in [-0.3, -0.25) is 0 Å². The molecule has 2 rings (SSSR count). The van der Waals surface area contributed by atoms with Crippen molar-refractivity contribution in [3.8, 4) is 0 Å². The molecule has 0 aliphatic heterocycles. The normalized spacial score (nSPS) is 17.9. The first-order chi connectivity index (χ1) is 9.15. The number of nitrogens with one attached hydrogen (secondary N) is 1. The molecule has 0 unspecified atom stereocenters. The Morgan fingerprint density at radius 2 is 2.11 bits per heavy atom. The van der Waals surface area contributed by atoms with Crippen LogP contribution in [0.1, 0.15) is 42.6 Å². The minimum absolute atomic E-state index is 0.0285. The zero-order valence-corrected chi connectivity index (χ0v) is 10.8. The van der Waals surface area contributed by atoms with Crippen molar-refractivity contribution in [2.24, 2.45) is 5.41 Å². The molecule has 0 amide bonds. The van der Waals surface area contributed by atoms with Gasteiger partial charge in [-0.05, 0) is 18.9 Å². The third-order valence-corrected chi connectivity index (χ3v) is 3.75. The number of anilines is 1. The molecule has 1 fully saturated rings. The van der Waals surface area contributed by atoms with Gasteiger partial charge in [0, 0.05) is 18.2 Å². The van der Waals surface area contributed by atoms with Crippen LogP contribution in [0.25, 0.3) is 0 Å². The van der Waals surface area contributed by atoms with Gasteiger partial charge >= 0.3 is 5.97 Å². The Morgan fingerprint density at radius 3 is 2.74 bits per heavy atom. The number of aromatic carboxylic acids is 1. The molecule has 0 aromatic carbocycles. The maximum absolute atomic E-state index is 10.8. The molecular formula is C13H19N3O3. The summed E-state index contributed by atoms with van der Waals surface area (Å²) in [7, 11) is 0. The number of nitrogens with zero attached hydrogens (tertiary/aromatic N) is 2. The molecule has 0 radical (unpaired) electrons. The highest BCUT2D eigenvalue weighted by Crippen LogP contribution is 2.35. The summed E-state index contributed by atoms with van der Waals surface area (Å²) >= 11 is 0. The first-order valence-electron chi connectivity index (χ1n) is 6.56. The van der Waals surface area contributed by atoms with Crippen LogP contribution in [0, 0.1) is 5.41 Å². The van der Waals surface area contributed by atoms with Crippen molar-refractivity contribution in [1.29, 1.82) is 0 Å². The maximum Gasteiger partial charge on any atom is 0.354 e. The number of hydrogen-bond donors (Lipinski definition) is 3. The van der Waals surface area contributed by atoms with Crippen LogP contribution in [0.5, 0.6) is 0 Å². The number of carboxylic acids is 1. The first kappa shape index (κ1) is 13.7. The van der Waals surface area contributed by atoms with E-state index in [0.29, 0.717) is 12.5 Å². The van der Waals surface area contributed by atoms with Crippen LogP contribution in [0.4, 0.5) is 5.95 Å². The molecule has 1 aliphatic rings. The number of aliphatic hydroxyl groups excluding tert-OH is 1. The second-order valence-electron chi connectivity index (χ2n) is 5.14. The van der Waals surface area contributed by atoms with E-state index in [-0.39, 0.29) is 17.7 Å². The average molecular weight is 265 g/mol. The third kappa shape index (κ3) is 3.41. The fourth-order valence-electron chi connectivity index (χ4n) is 2.52. The van der Waals surface area contributed by atoms with Crippen molar-refractivity contribution in [2.45, 2.75) is 32.1 Å². The molecule has 6 nitrogen and oxygen atoms in total. The van der Waals surface area contributed by atoms with Gasteiger partial charge < -0.3 is 15.5 Å². The monoisotopic (exact) mass is 265 g/mol. The van der Waals surface area contributed by atoms with Gasteiger partial charge in [0.25, 0.3) is 0 Å². The molecule has 1 aliphatic carbocycles. The van der Waals surface area contributed by atoms with Gasteiger partial charge in [0.2, 0.25) is 5.95 Å². The van der Waals surface area contributed by atoms with Gasteiger partial charge in [-0.15, -0.1) is 0 Å². The SMILES string of the molecule is O=C(O)c1ccnc(NCC2(CO)CCCCC2)n1. The second kappa shape index (κ2) is 5.97. The first-order valence-corrected chi connectivity index (χ1v) is 6.56. The summed E-state index contributed by atoms with van der Waals surface area (Å²) < 4.78 is 0. The van der Waals surface area contributed by atoms with Gasteiger partial charge in [-0.2, -0.15) is 0 Å². The Labute approximate surface area is 111 Å². The Kier molecular flexibility index (Phi) is 4.31. The quantitative estimate of drug-likeness (QED) is 0.747. The highest BCUT2D eigenvalue weighted by atomic mass is 16.4. The molecule has 19 heavy (non-hydrogen) atoms. The molecule has 104 valence electrons. The Balaban J connectivity index is 2.00. The van der Waals surface area contributed by atoms with E-state index in [4.69, 9.17) is 5.11 Å². The lowest BCUT2D eigenvalue weighted by Gasteiger charge is -2.35. The fraction of sp³-hybridized carbons (Fsp3) is 0.615. The number of hydrogen-bond acceptors (Lipinski definition) is 5. The third-order valence-electron chi connectivity index (χ3n) is 3.75. The van der Waals surface area contributed by atoms with Gasteiger partial charge in [-0.1, -0.05) is 19.3 Å². The van der Waals surface area contributed by atoms with Gasteiger partial charge in [0.05, 0.1) is 6.61 Å². The van der Waals surface area contributed by atoms with Crippen LogP contribution >= 0.6 is 0 Å². The van der Waals surface area contributed by atoms with E-state index < -0.39 is 5.97 Å². The van der Waals surface area contributed by atoms with Crippen molar-refractivity contribution in [3.05, 3.63) is 18.0 Å². The highest BCUT2D eigenvalue weighted by Gasteiger charge is 2.31. The molecule has 1 saturated carbocycles. The molecule has 6 heteroatoms. The van der Waals surface area contributed by atoms with Crippen molar-refractivity contribution < 1.29 is 15.0 Å². The van der Waals surface area contributed by atoms with E-state index in [0.717, 1.165) is 25.7 Å². The van der Waals surface area contributed by atoms with Crippen LogP contribution in [-0.4, -0.2) is 39.3 Å². The van der Waals surface area contributed by atoms with Gasteiger partial charge in [0.15, 0.2) is 5.69 Å². The van der Waals surface area contributed by atoms with Crippen LogP contribution in [-0.2, 0) is 0 Å². The average Bonchev–Trinajstić information content (AvgIpc) is 2.46. The van der Waals surface area contributed by atoms with Gasteiger partial charge in [0.1, 0.15) is 0 Å². The largest absolute Gasteiger partial charge is 0.477 e. The Morgan fingerprint density at radius 1 is 1.37 bits per heavy atom. The standard InChI is InChI=1S/C13H19N3O3/c17-9-13(5-2-1-3-6-13)8-15-12-14-7-4-10(16-12)11(18)19/h4,7,17H,1-3,5-6,8-9H2,(H,18,19)(H,14,15,16). The molecule has 0 atom stereocenters. The van der Waals surface area contributed by atoms with Crippen LogP contribution in [0.2, 0.25) is 0 Å². The summed E-state index contributed by atoms with van der Waals surface area (Å²) in [5, 5.41) is 21.5. The number of aromatic nitrogens is 2. The Hall–Kier alpha value is -1.69. The smallest absolute Gasteiger partial charge is 0.354 e. The van der Waals surface area contributed by atoms with Crippen LogP contribution < -0.4 is 5.32 Å². The molecule has 0 bridgehead atoms. The topological polar surface area (TPSA) is 95.3 Å². The molecule has 0 saturated heterocycles. The molecule has 3 N–H and O–H groups in total. The molecular weight excluding hydrogens is 246 g/mol. The summed E-state index contributed by atoms with van der Waals surface area (Å²) in [6.45, 7) is 0.713. The van der Waals surface area contributed by atoms with Crippen molar-refractivity contribution in [2.75, 3.05) is 18.5 Å². The molecule has 0 spiro atoms. The molecule has 1 aromatic rings. The van der Waals surface area contributed by atoms with Crippen molar-refractivity contribution in [3.63, 3.8) is 0 Å². The maximum atomic E-state index is 10.8. The van der Waals surface area contributed by atoms with Crippen molar-refractivity contribution in [1.82, 2.24) is 9.97 Å². The lowest BCUT2D eigenvalue weighted by Crippen LogP contribution is -2.36. The number of aliphatic hydroxyl groups is 1. The van der Waals surface area contributed by atoms with Crippen molar-refractivity contribution >= 4 is 11.9 Å². The summed E-state index contributed by atoms with van der Waals surface area (Å²) in [6, 6.07) is 1.36. The van der Waals surface area contributed by atoms with E-state index in [1.165, 1.54) is 18.7 Å². The fourth-order valence-corrected chi connectivity index (χ4v) is 2.52. The van der Waals surface area contributed by atoms with Crippen LogP contribution in [0.15, 0.2) is 12.3 Å². The summed E-state index contributed by atoms with van der Waals surface area (Å²) in [6.07, 6.45) is 6.85. The van der Waals surface area contributed by atoms with E-state index in [1.807, 2.05) is 0 Å². The Bertz CT molecular complexity index is 445. The predicted molar refractivity (Wildman–Crippen MR) is 70.1 cm³/mol. The summed E-state index contributed by atoms with van der Waals surface area (Å²) in [5.74, 6) is -0.765. The number of carbonyl (C=O) groups is 1. The zero-order chi connectivity index (χ0) is 13.7. The minimum atomic E-state index is -1.07. The number of rotatable bonds is 5. The lowest BCUT2D eigenvalue weighted by atomic mass is 9.74. The van der Waals surface area contributed by atoms with E-state index in [1.54, 1.807) is 0 Å². The second-order valence-corrected chi connectivity index (χ2v) is 5.14. The van der Waals surface area contributed by atoms with E-state index in [9.17, 15) is 9.90 Å². The van der Waals surface area contributed by atoms with E-state index >= 15 is 0 Å². The summed E-state index contributed by atoms with van der Waals surface area (Å²) in [5.41, 5.74) is -0.153.